The number of carbonyl (C=O) groups excluding carboxylic acids is 1. The van der Waals surface area contributed by atoms with Gasteiger partial charge in [0.15, 0.2) is 5.78 Å². The lowest BCUT2D eigenvalue weighted by Gasteiger charge is -2.67. The van der Waals surface area contributed by atoms with Gasteiger partial charge in [-0.2, -0.15) is 0 Å². The van der Waals surface area contributed by atoms with Crippen molar-refractivity contribution in [2.75, 3.05) is 6.61 Å². The fourth-order valence-electron chi connectivity index (χ4n) is 7.18. The topological polar surface area (TPSA) is 116 Å². The van der Waals surface area contributed by atoms with Crippen molar-refractivity contribution >= 4 is 15.2 Å². The Labute approximate surface area is 173 Å². The Balaban J connectivity index is 2.02. The van der Waals surface area contributed by atoms with Crippen molar-refractivity contribution in [1.29, 1.82) is 0 Å². The van der Waals surface area contributed by atoms with Gasteiger partial charge in [-0.05, 0) is 30.9 Å². The van der Waals surface area contributed by atoms with Gasteiger partial charge in [-0.15, -0.1) is 0 Å². The molecular weight excluding hydrogens is 395 g/mol. The van der Waals surface area contributed by atoms with E-state index in [0.29, 0.717) is 17.6 Å². The van der Waals surface area contributed by atoms with Gasteiger partial charge in [0.1, 0.15) is 11.7 Å². The third-order valence-corrected chi connectivity index (χ3v) is 9.34. The predicted molar refractivity (Wildman–Crippen MR) is 108 cm³/mol. The predicted octanol–water partition coefficient (Wildman–Crippen LogP) is 0.736. The van der Waals surface area contributed by atoms with E-state index in [0.717, 1.165) is 0 Å². The third kappa shape index (κ3) is 2.36. The van der Waals surface area contributed by atoms with Crippen LogP contribution >= 0.6 is 9.47 Å². The first kappa shape index (κ1) is 21.8. The number of Topliss-reactive ketones (excluding diaryl/α,β-unsaturated/α-hetero) is 1. The quantitative estimate of drug-likeness (QED) is 0.360. The van der Waals surface area contributed by atoms with Gasteiger partial charge in [-0.1, -0.05) is 20.8 Å². The van der Waals surface area contributed by atoms with Crippen LogP contribution in [-0.2, 0) is 14.1 Å². The number of aliphatic hydroxyl groups excluding tert-OH is 2. The first-order valence-electron chi connectivity index (χ1n) is 10.3. The van der Waals surface area contributed by atoms with Crippen LogP contribution in [0.2, 0.25) is 0 Å². The molecule has 3 fully saturated rings. The SMILES string of the molecule is CC1=C2C(O)C(=O)[C@]3(C)C(OP)CC4OC[C@@]4(O)C3C(C)C(O)(CC1O)C2(C)C. The number of fused-ring (bicyclic) bond motifs is 5. The number of carbonyl (C=O) groups is 1. The molecule has 10 atom stereocenters. The molecule has 0 aromatic heterocycles. The minimum Gasteiger partial charge on any atom is -0.389 e. The van der Waals surface area contributed by atoms with Crippen LogP contribution in [-0.4, -0.2) is 68.4 Å². The smallest absolute Gasteiger partial charge is 0.174 e. The van der Waals surface area contributed by atoms with Gasteiger partial charge in [0, 0.05) is 33.6 Å². The molecule has 29 heavy (non-hydrogen) atoms. The van der Waals surface area contributed by atoms with Gasteiger partial charge in [0.05, 0.1) is 35.9 Å². The van der Waals surface area contributed by atoms with Crippen molar-refractivity contribution < 1.29 is 34.5 Å². The van der Waals surface area contributed by atoms with Crippen molar-refractivity contribution in [3.63, 3.8) is 0 Å². The van der Waals surface area contributed by atoms with Gasteiger partial charge < -0.3 is 29.7 Å². The molecule has 1 aliphatic heterocycles. The lowest BCUT2D eigenvalue weighted by atomic mass is 9.43. The molecule has 7 nitrogen and oxygen atoms in total. The summed E-state index contributed by atoms with van der Waals surface area (Å²) in [5, 5.41) is 45.6. The highest BCUT2D eigenvalue weighted by atomic mass is 31.0. The Bertz CT molecular complexity index is 781. The summed E-state index contributed by atoms with van der Waals surface area (Å²) >= 11 is 0. The van der Waals surface area contributed by atoms with E-state index >= 15 is 0 Å². The van der Waals surface area contributed by atoms with Gasteiger partial charge in [-0.3, -0.25) is 4.79 Å². The van der Waals surface area contributed by atoms with Crippen LogP contribution in [0.3, 0.4) is 0 Å². The molecule has 4 rings (SSSR count). The Morgan fingerprint density at radius 2 is 1.83 bits per heavy atom. The van der Waals surface area contributed by atoms with Crippen molar-refractivity contribution in [2.45, 2.75) is 83.1 Å². The van der Waals surface area contributed by atoms with E-state index < -0.39 is 64.1 Å². The van der Waals surface area contributed by atoms with E-state index in [2.05, 4.69) is 9.47 Å². The number of ether oxygens (including phenoxy) is 1. The molecule has 0 amide bonds. The second-order valence-corrected chi connectivity index (χ2v) is 10.6. The largest absolute Gasteiger partial charge is 0.389 e. The molecular formula is C21H33O7P. The summed E-state index contributed by atoms with van der Waals surface area (Å²) in [5.74, 6) is -1.73. The van der Waals surface area contributed by atoms with Crippen LogP contribution in [0.5, 0.6) is 0 Å². The van der Waals surface area contributed by atoms with Crippen molar-refractivity contribution in [1.82, 2.24) is 0 Å². The molecule has 1 saturated heterocycles. The van der Waals surface area contributed by atoms with Crippen LogP contribution < -0.4 is 0 Å². The second-order valence-electron chi connectivity index (χ2n) is 10.3. The molecule has 0 radical (unpaired) electrons. The lowest BCUT2D eigenvalue weighted by molar-refractivity contribution is -0.333. The summed E-state index contributed by atoms with van der Waals surface area (Å²) in [4.78, 5) is 13.8. The molecule has 4 N–H and O–H groups in total. The first-order valence-corrected chi connectivity index (χ1v) is 10.8. The minimum absolute atomic E-state index is 0.0655. The number of aliphatic hydroxyl groups is 4. The summed E-state index contributed by atoms with van der Waals surface area (Å²) in [6, 6.07) is 0. The number of rotatable bonds is 1. The van der Waals surface area contributed by atoms with E-state index in [-0.39, 0.29) is 13.0 Å². The number of ketones is 1. The molecule has 0 aromatic carbocycles. The van der Waals surface area contributed by atoms with Crippen LogP contribution in [0.4, 0.5) is 0 Å². The summed E-state index contributed by atoms with van der Waals surface area (Å²) in [6.45, 7) is 8.94. The molecule has 8 unspecified atom stereocenters. The molecule has 164 valence electrons. The average molecular weight is 428 g/mol. The van der Waals surface area contributed by atoms with Crippen molar-refractivity contribution in [3.05, 3.63) is 11.1 Å². The van der Waals surface area contributed by atoms with Crippen LogP contribution in [0.1, 0.15) is 47.5 Å². The summed E-state index contributed by atoms with van der Waals surface area (Å²) in [6.07, 6.45) is -3.20. The van der Waals surface area contributed by atoms with Gasteiger partial charge >= 0.3 is 0 Å². The van der Waals surface area contributed by atoms with E-state index in [9.17, 15) is 25.2 Å². The molecule has 2 bridgehead atoms. The molecule has 8 heteroatoms. The second kappa shape index (κ2) is 6.32. The zero-order chi connectivity index (χ0) is 21.7. The molecule has 3 aliphatic carbocycles. The fraction of sp³-hybridized carbons (Fsp3) is 0.857. The zero-order valence-electron chi connectivity index (χ0n) is 17.7. The monoisotopic (exact) mass is 428 g/mol. The van der Waals surface area contributed by atoms with Gasteiger partial charge in [0.25, 0.3) is 0 Å². The Morgan fingerprint density at radius 1 is 1.21 bits per heavy atom. The standard InChI is InChI=1S/C21H33O7P/c1-9-11(22)7-21(26)10(2)16-19(5,17(24)15(23)14(9)18(21,3)4)12(28-29)6-13-20(16,25)8-27-13/h10-13,15-16,22-23,25-26H,6-8,29H2,1-5H3/t10?,11?,12?,13?,15?,16?,19-,20+,21?/m1/s1. The summed E-state index contributed by atoms with van der Waals surface area (Å²) in [7, 11) is 2.20. The molecule has 4 aliphatic rings. The van der Waals surface area contributed by atoms with E-state index in [4.69, 9.17) is 9.26 Å². The van der Waals surface area contributed by atoms with E-state index in [1.54, 1.807) is 27.7 Å². The highest BCUT2D eigenvalue weighted by molar-refractivity contribution is 7.09. The molecule has 2 saturated carbocycles. The Hall–Kier alpha value is -0.400. The molecule has 1 heterocycles. The Morgan fingerprint density at radius 3 is 2.34 bits per heavy atom. The maximum atomic E-state index is 13.8. The highest BCUT2D eigenvalue weighted by Gasteiger charge is 2.74. The van der Waals surface area contributed by atoms with E-state index in [1.165, 1.54) is 0 Å². The maximum Gasteiger partial charge on any atom is 0.174 e. The van der Waals surface area contributed by atoms with Crippen molar-refractivity contribution in [2.24, 2.45) is 22.7 Å². The van der Waals surface area contributed by atoms with Gasteiger partial charge in [-0.25, -0.2) is 0 Å². The van der Waals surface area contributed by atoms with Crippen LogP contribution in [0.25, 0.3) is 0 Å². The fourth-order valence-corrected chi connectivity index (χ4v) is 7.57. The molecule has 0 aromatic rings. The first-order chi connectivity index (χ1) is 13.3. The Kier molecular flexibility index (Phi) is 4.75. The van der Waals surface area contributed by atoms with Crippen LogP contribution in [0.15, 0.2) is 11.1 Å². The highest BCUT2D eigenvalue weighted by Crippen LogP contribution is 2.64. The van der Waals surface area contributed by atoms with Gasteiger partial charge in [0.2, 0.25) is 0 Å². The van der Waals surface area contributed by atoms with E-state index in [1.807, 2.05) is 6.92 Å². The maximum absolute atomic E-state index is 13.8. The van der Waals surface area contributed by atoms with Crippen LogP contribution in [0, 0.1) is 22.7 Å². The zero-order valence-corrected chi connectivity index (χ0v) is 18.8. The summed E-state index contributed by atoms with van der Waals surface area (Å²) < 4.78 is 11.2. The van der Waals surface area contributed by atoms with Crippen molar-refractivity contribution in [3.8, 4) is 0 Å². The number of hydrogen-bond acceptors (Lipinski definition) is 7. The summed E-state index contributed by atoms with van der Waals surface area (Å²) in [5.41, 5.74) is -4.08. The minimum atomic E-state index is -1.50. The normalized spacial score (nSPS) is 54.1. The lowest BCUT2D eigenvalue weighted by Crippen LogP contribution is -2.78. The third-order valence-electron chi connectivity index (χ3n) is 9.01. The number of hydrogen-bond donors (Lipinski definition) is 4. The molecule has 0 spiro atoms. The average Bonchev–Trinajstić information content (AvgIpc) is 2.63.